The first-order valence-electron chi connectivity index (χ1n) is 6.35. The van der Waals surface area contributed by atoms with Gasteiger partial charge in [-0.1, -0.05) is 17.7 Å². The molecule has 6 heteroatoms. The van der Waals surface area contributed by atoms with E-state index in [-0.39, 0.29) is 31.8 Å². The highest BCUT2D eigenvalue weighted by Crippen LogP contribution is 2.24. The van der Waals surface area contributed by atoms with Crippen molar-refractivity contribution in [3.8, 4) is 0 Å². The van der Waals surface area contributed by atoms with Crippen LogP contribution < -0.4 is 0 Å². The molecule has 1 fully saturated rings. The fraction of sp³-hybridized carbons (Fsp3) is 0.429. The van der Waals surface area contributed by atoms with Gasteiger partial charge in [-0.2, -0.15) is 0 Å². The Morgan fingerprint density at radius 3 is 2.40 bits per heavy atom. The van der Waals surface area contributed by atoms with Crippen molar-refractivity contribution in [2.24, 2.45) is 0 Å². The van der Waals surface area contributed by atoms with Crippen LogP contribution in [0, 0.1) is 6.92 Å². The van der Waals surface area contributed by atoms with E-state index in [1.807, 2.05) is 6.92 Å². The molecular weight excluding hydrogens is 282 g/mol. The molecule has 5 nitrogen and oxygen atoms in total. The number of carbonyl (C=O) groups is 2. The normalized spacial score (nSPS) is 17.9. The number of aliphatic hydroxyl groups is 1. The highest BCUT2D eigenvalue weighted by Gasteiger charge is 2.40. The molecule has 0 aliphatic carbocycles. The number of carbonyl (C=O) groups excluding carboxylic acids is 1. The number of nitrogens with zero attached hydrogens (tertiary/aromatic N) is 1. The van der Waals surface area contributed by atoms with E-state index in [1.54, 1.807) is 23.1 Å². The lowest BCUT2D eigenvalue weighted by Crippen LogP contribution is -2.50. The Morgan fingerprint density at radius 1 is 1.30 bits per heavy atom. The number of halogens is 1. The van der Waals surface area contributed by atoms with Crippen LogP contribution in [0.2, 0.25) is 5.02 Å². The molecule has 1 aliphatic heterocycles. The zero-order valence-corrected chi connectivity index (χ0v) is 11.9. The number of hydrogen-bond acceptors (Lipinski definition) is 3. The molecule has 108 valence electrons. The first-order chi connectivity index (χ1) is 9.33. The number of likely N-dealkylation sites (tertiary alicyclic amines) is 1. The Morgan fingerprint density at radius 2 is 1.90 bits per heavy atom. The molecule has 1 amide bonds. The summed E-state index contributed by atoms with van der Waals surface area (Å²) in [5.74, 6) is -1.43. The molecule has 0 aromatic heterocycles. The minimum Gasteiger partial charge on any atom is -0.479 e. The first kappa shape index (κ1) is 14.8. The van der Waals surface area contributed by atoms with Crippen LogP contribution in [0.3, 0.4) is 0 Å². The van der Waals surface area contributed by atoms with Gasteiger partial charge in [0.1, 0.15) is 0 Å². The number of amides is 1. The van der Waals surface area contributed by atoms with E-state index in [4.69, 9.17) is 16.7 Å². The van der Waals surface area contributed by atoms with Crippen molar-refractivity contribution < 1.29 is 19.8 Å². The summed E-state index contributed by atoms with van der Waals surface area (Å²) in [5.41, 5.74) is -0.356. The van der Waals surface area contributed by atoms with Crippen LogP contribution in [0.5, 0.6) is 0 Å². The Hall–Kier alpha value is -1.59. The van der Waals surface area contributed by atoms with Gasteiger partial charge in [0.2, 0.25) is 0 Å². The maximum Gasteiger partial charge on any atom is 0.335 e. The topological polar surface area (TPSA) is 77.8 Å². The van der Waals surface area contributed by atoms with Gasteiger partial charge in [-0.05, 0) is 24.6 Å². The molecule has 1 aliphatic rings. The van der Waals surface area contributed by atoms with Crippen LogP contribution in [0.25, 0.3) is 0 Å². The highest BCUT2D eigenvalue weighted by molar-refractivity contribution is 6.31. The van der Waals surface area contributed by atoms with Crippen LogP contribution in [0.4, 0.5) is 0 Å². The average molecular weight is 298 g/mol. The van der Waals surface area contributed by atoms with Gasteiger partial charge < -0.3 is 15.1 Å². The second kappa shape index (κ2) is 5.42. The van der Waals surface area contributed by atoms with Crippen molar-refractivity contribution >= 4 is 23.5 Å². The molecule has 0 saturated carbocycles. The molecule has 1 aromatic carbocycles. The molecule has 1 heterocycles. The molecule has 20 heavy (non-hydrogen) atoms. The van der Waals surface area contributed by atoms with Gasteiger partial charge in [0, 0.05) is 36.5 Å². The molecule has 1 aromatic rings. The van der Waals surface area contributed by atoms with Crippen LogP contribution in [0.1, 0.15) is 28.8 Å². The summed E-state index contributed by atoms with van der Waals surface area (Å²) in [6, 6.07) is 5.08. The van der Waals surface area contributed by atoms with Crippen molar-refractivity contribution in [1.82, 2.24) is 4.90 Å². The Bertz CT molecular complexity index is 550. The zero-order chi connectivity index (χ0) is 14.9. The van der Waals surface area contributed by atoms with Crippen molar-refractivity contribution in [2.75, 3.05) is 13.1 Å². The molecule has 0 bridgehead atoms. The second-order valence-electron chi connectivity index (χ2n) is 5.09. The summed E-state index contributed by atoms with van der Waals surface area (Å²) < 4.78 is 0. The Balaban J connectivity index is 2.08. The zero-order valence-electron chi connectivity index (χ0n) is 11.1. The number of carboxylic acid groups (broad SMARTS) is 1. The molecule has 0 radical (unpaired) electrons. The number of rotatable bonds is 2. The van der Waals surface area contributed by atoms with Gasteiger partial charge in [-0.15, -0.1) is 0 Å². The fourth-order valence-corrected chi connectivity index (χ4v) is 2.38. The van der Waals surface area contributed by atoms with Crippen LogP contribution >= 0.6 is 11.6 Å². The van der Waals surface area contributed by atoms with E-state index < -0.39 is 11.6 Å². The molecular formula is C14H16ClNO4. The summed E-state index contributed by atoms with van der Waals surface area (Å²) >= 11 is 6.00. The monoisotopic (exact) mass is 297 g/mol. The van der Waals surface area contributed by atoms with E-state index >= 15 is 0 Å². The number of benzene rings is 1. The quantitative estimate of drug-likeness (QED) is 0.871. The van der Waals surface area contributed by atoms with Crippen molar-refractivity contribution in [3.05, 3.63) is 34.3 Å². The molecule has 0 unspecified atom stereocenters. The molecule has 2 N–H and O–H groups in total. The van der Waals surface area contributed by atoms with Crippen LogP contribution in [0.15, 0.2) is 18.2 Å². The lowest BCUT2D eigenvalue weighted by Gasteiger charge is -2.35. The van der Waals surface area contributed by atoms with E-state index in [0.29, 0.717) is 10.6 Å². The van der Waals surface area contributed by atoms with E-state index in [1.165, 1.54) is 0 Å². The predicted molar refractivity (Wildman–Crippen MR) is 73.9 cm³/mol. The lowest BCUT2D eigenvalue weighted by atomic mass is 9.91. The lowest BCUT2D eigenvalue weighted by molar-refractivity contribution is -0.162. The third kappa shape index (κ3) is 2.78. The first-order valence-corrected chi connectivity index (χ1v) is 6.72. The van der Waals surface area contributed by atoms with Crippen molar-refractivity contribution in [2.45, 2.75) is 25.4 Å². The third-order valence-electron chi connectivity index (χ3n) is 3.69. The Labute approximate surface area is 121 Å². The molecule has 1 saturated heterocycles. The van der Waals surface area contributed by atoms with Gasteiger partial charge in [-0.3, -0.25) is 4.79 Å². The van der Waals surface area contributed by atoms with Gasteiger partial charge in [0.25, 0.3) is 5.91 Å². The minimum atomic E-state index is -1.72. The van der Waals surface area contributed by atoms with Crippen molar-refractivity contribution in [3.63, 3.8) is 0 Å². The van der Waals surface area contributed by atoms with E-state index in [0.717, 1.165) is 5.56 Å². The highest BCUT2D eigenvalue weighted by atomic mass is 35.5. The SMILES string of the molecule is Cc1ccc(C(=O)N2CCC(O)(C(=O)O)CC2)cc1Cl. The summed E-state index contributed by atoms with van der Waals surface area (Å²) in [6.45, 7) is 2.28. The van der Waals surface area contributed by atoms with Gasteiger partial charge >= 0.3 is 5.97 Å². The molecule has 0 atom stereocenters. The molecule has 0 spiro atoms. The van der Waals surface area contributed by atoms with Crippen molar-refractivity contribution in [1.29, 1.82) is 0 Å². The maximum absolute atomic E-state index is 12.3. The van der Waals surface area contributed by atoms with Gasteiger partial charge in [-0.25, -0.2) is 4.79 Å². The standard InChI is InChI=1S/C14H16ClNO4/c1-9-2-3-10(8-11(9)15)12(17)16-6-4-14(20,5-7-16)13(18)19/h2-3,8,20H,4-7H2,1H3,(H,18,19). The van der Waals surface area contributed by atoms with Crippen LogP contribution in [-0.4, -0.2) is 45.7 Å². The number of carboxylic acids is 1. The summed E-state index contributed by atoms with van der Waals surface area (Å²) in [6.07, 6.45) is 0.0708. The maximum atomic E-state index is 12.3. The summed E-state index contributed by atoms with van der Waals surface area (Å²) in [4.78, 5) is 24.8. The van der Waals surface area contributed by atoms with E-state index in [2.05, 4.69) is 0 Å². The third-order valence-corrected chi connectivity index (χ3v) is 4.10. The fourth-order valence-electron chi connectivity index (χ4n) is 2.20. The predicted octanol–water partition coefficient (Wildman–Crippen LogP) is 1.70. The van der Waals surface area contributed by atoms with Gasteiger partial charge in [0.05, 0.1) is 0 Å². The summed E-state index contributed by atoms with van der Waals surface area (Å²) in [7, 11) is 0. The minimum absolute atomic E-state index is 0.0354. The number of hydrogen-bond donors (Lipinski definition) is 2. The smallest absolute Gasteiger partial charge is 0.335 e. The average Bonchev–Trinajstić information content (AvgIpc) is 2.42. The second-order valence-corrected chi connectivity index (χ2v) is 5.50. The number of aliphatic carboxylic acids is 1. The summed E-state index contributed by atoms with van der Waals surface area (Å²) in [5, 5.41) is 19.3. The molecule has 2 rings (SSSR count). The van der Waals surface area contributed by atoms with Crippen LogP contribution in [-0.2, 0) is 4.79 Å². The number of aryl methyl sites for hydroxylation is 1. The van der Waals surface area contributed by atoms with Gasteiger partial charge in [0.15, 0.2) is 5.60 Å². The largest absolute Gasteiger partial charge is 0.479 e. The van der Waals surface area contributed by atoms with E-state index in [9.17, 15) is 14.7 Å². The Kier molecular flexibility index (Phi) is 4.01. The number of piperidine rings is 1.